The van der Waals surface area contributed by atoms with E-state index < -0.39 is 18.4 Å². The smallest absolute Gasteiger partial charge is 0.405 e. The maximum Gasteiger partial charge on any atom is 0.405 e. The average molecular weight is 317 g/mol. The van der Waals surface area contributed by atoms with Crippen LogP contribution in [-0.2, 0) is 4.74 Å². The normalized spacial score (nSPS) is 10.0. The Bertz CT molecular complexity index is 728. The van der Waals surface area contributed by atoms with Crippen LogP contribution in [0.2, 0.25) is 0 Å². The standard InChI is InChI=1S/C16H15NO6/c1-21-11-6-7-15(22-2)12(9-11)14(18)10-23-16(19)13-5-3-4-8-17(13)20/h3-9H,10H2,1-2H3. The number of carbonyl (C=O) groups excluding carboxylic acids is 2. The van der Waals surface area contributed by atoms with Crippen LogP contribution in [0.25, 0.3) is 0 Å². The van der Waals surface area contributed by atoms with E-state index in [9.17, 15) is 14.8 Å². The number of ketones is 1. The van der Waals surface area contributed by atoms with Crippen LogP contribution < -0.4 is 14.2 Å². The van der Waals surface area contributed by atoms with Crippen molar-refractivity contribution in [3.63, 3.8) is 0 Å². The van der Waals surface area contributed by atoms with Gasteiger partial charge in [0.25, 0.3) is 0 Å². The summed E-state index contributed by atoms with van der Waals surface area (Å²) >= 11 is 0. The van der Waals surface area contributed by atoms with Crippen LogP contribution >= 0.6 is 0 Å². The first kappa shape index (κ1) is 16.3. The van der Waals surface area contributed by atoms with Crippen LogP contribution in [0.1, 0.15) is 20.8 Å². The molecule has 0 N–H and O–H groups in total. The minimum atomic E-state index is -0.879. The van der Waals surface area contributed by atoms with E-state index >= 15 is 0 Å². The lowest BCUT2D eigenvalue weighted by atomic mass is 10.1. The van der Waals surface area contributed by atoms with Gasteiger partial charge >= 0.3 is 11.7 Å². The van der Waals surface area contributed by atoms with E-state index in [4.69, 9.17) is 14.2 Å². The Morgan fingerprint density at radius 1 is 1.13 bits per heavy atom. The summed E-state index contributed by atoms with van der Waals surface area (Å²) in [7, 11) is 2.90. The third-order valence-corrected chi connectivity index (χ3v) is 3.07. The highest BCUT2D eigenvalue weighted by molar-refractivity contribution is 6.01. The zero-order valence-corrected chi connectivity index (χ0v) is 12.6. The zero-order valence-electron chi connectivity index (χ0n) is 12.6. The average Bonchev–Trinajstić information content (AvgIpc) is 2.59. The van der Waals surface area contributed by atoms with Gasteiger partial charge in [0.05, 0.1) is 19.8 Å². The summed E-state index contributed by atoms with van der Waals surface area (Å²) in [6.07, 6.45) is 1.17. The predicted molar refractivity (Wildman–Crippen MR) is 79.6 cm³/mol. The topological polar surface area (TPSA) is 88.8 Å². The van der Waals surface area contributed by atoms with Crippen molar-refractivity contribution in [2.45, 2.75) is 0 Å². The number of benzene rings is 1. The fourth-order valence-electron chi connectivity index (χ4n) is 1.90. The Hall–Kier alpha value is -3.09. The van der Waals surface area contributed by atoms with Crippen molar-refractivity contribution in [2.75, 3.05) is 20.8 Å². The molecule has 1 aromatic carbocycles. The summed E-state index contributed by atoms with van der Waals surface area (Å²) in [5.74, 6) is -0.537. The molecule has 0 aliphatic rings. The minimum absolute atomic E-state index is 0.196. The van der Waals surface area contributed by atoms with Gasteiger partial charge in [0.2, 0.25) is 5.78 Å². The van der Waals surface area contributed by atoms with Gasteiger partial charge in [-0.25, -0.2) is 4.79 Å². The lowest BCUT2D eigenvalue weighted by Crippen LogP contribution is -2.35. The van der Waals surface area contributed by atoms with Crippen LogP contribution in [-0.4, -0.2) is 32.6 Å². The Morgan fingerprint density at radius 3 is 2.57 bits per heavy atom. The first-order valence-electron chi connectivity index (χ1n) is 6.67. The molecule has 23 heavy (non-hydrogen) atoms. The van der Waals surface area contributed by atoms with Crippen molar-refractivity contribution < 1.29 is 28.5 Å². The molecular weight excluding hydrogens is 302 g/mol. The van der Waals surface area contributed by atoms with Gasteiger partial charge in [0.15, 0.2) is 12.8 Å². The number of nitrogens with zero attached hydrogens (tertiary/aromatic N) is 1. The van der Waals surface area contributed by atoms with E-state index in [1.54, 1.807) is 12.1 Å². The molecule has 0 fully saturated rings. The van der Waals surface area contributed by atoms with Gasteiger partial charge < -0.3 is 19.4 Å². The molecule has 2 aromatic rings. The zero-order chi connectivity index (χ0) is 16.8. The Morgan fingerprint density at radius 2 is 1.91 bits per heavy atom. The van der Waals surface area contributed by atoms with Crippen LogP contribution in [0.3, 0.4) is 0 Å². The molecule has 0 unspecified atom stereocenters. The molecule has 120 valence electrons. The molecule has 7 nitrogen and oxygen atoms in total. The van der Waals surface area contributed by atoms with E-state index in [0.717, 1.165) is 0 Å². The van der Waals surface area contributed by atoms with Crippen molar-refractivity contribution in [3.05, 3.63) is 59.1 Å². The minimum Gasteiger partial charge on any atom is -0.618 e. The number of esters is 1. The fraction of sp³-hybridized carbons (Fsp3) is 0.188. The van der Waals surface area contributed by atoms with Gasteiger partial charge in [0.1, 0.15) is 11.5 Å². The molecule has 0 bridgehead atoms. The SMILES string of the molecule is COc1ccc(OC)c(C(=O)COC(=O)c2cccc[n+]2[O-])c1. The van der Waals surface area contributed by atoms with Crippen molar-refractivity contribution in [2.24, 2.45) is 0 Å². The number of rotatable bonds is 6. The van der Waals surface area contributed by atoms with E-state index in [0.29, 0.717) is 16.2 Å². The van der Waals surface area contributed by atoms with Crippen LogP contribution in [0, 0.1) is 5.21 Å². The second-order valence-corrected chi connectivity index (χ2v) is 4.48. The van der Waals surface area contributed by atoms with Gasteiger partial charge in [-0.1, -0.05) is 0 Å². The van der Waals surface area contributed by atoms with Gasteiger partial charge in [-0.3, -0.25) is 4.79 Å². The Kier molecular flexibility index (Phi) is 5.14. The number of hydrogen-bond donors (Lipinski definition) is 0. The highest BCUT2D eigenvalue weighted by Crippen LogP contribution is 2.24. The Labute approximate surface area is 132 Å². The number of ether oxygens (including phenoxy) is 3. The quantitative estimate of drug-likeness (QED) is 0.346. The summed E-state index contributed by atoms with van der Waals surface area (Å²) < 4.78 is 15.4. The largest absolute Gasteiger partial charge is 0.618 e. The number of Topliss-reactive ketones (excluding diaryl/α,β-unsaturated/α-hetero) is 1. The van der Waals surface area contributed by atoms with Crippen LogP contribution in [0.4, 0.5) is 0 Å². The lowest BCUT2D eigenvalue weighted by Gasteiger charge is -2.10. The van der Waals surface area contributed by atoms with Gasteiger partial charge in [-0.15, -0.1) is 0 Å². The molecule has 1 aromatic heterocycles. The first-order chi connectivity index (χ1) is 11.1. The molecule has 0 aliphatic heterocycles. The summed E-state index contributed by atoms with van der Waals surface area (Å²) in [6, 6.07) is 9.04. The Balaban J connectivity index is 2.11. The van der Waals surface area contributed by atoms with Crippen LogP contribution in [0.5, 0.6) is 11.5 Å². The van der Waals surface area contributed by atoms with Gasteiger partial charge in [-0.05, 0) is 24.3 Å². The van der Waals surface area contributed by atoms with E-state index in [-0.39, 0.29) is 11.3 Å². The van der Waals surface area contributed by atoms with Crippen molar-refractivity contribution in [1.29, 1.82) is 0 Å². The van der Waals surface area contributed by atoms with Crippen molar-refractivity contribution >= 4 is 11.8 Å². The van der Waals surface area contributed by atoms with Gasteiger partial charge in [-0.2, -0.15) is 4.73 Å². The molecule has 0 atom stereocenters. The number of hydrogen-bond acceptors (Lipinski definition) is 6. The molecule has 0 saturated heterocycles. The molecule has 0 spiro atoms. The fourth-order valence-corrected chi connectivity index (χ4v) is 1.90. The van der Waals surface area contributed by atoms with Crippen molar-refractivity contribution in [1.82, 2.24) is 0 Å². The lowest BCUT2D eigenvalue weighted by molar-refractivity contribution is -0.608. The first-order valence-corrected chi connectivity index (χ1v) is 6.67. The summed E-state index contributed by atoms with van der Waals surface area (Å²) in [5.41, 5.74) is 0.0284. The predicted octanol–water partition coefficient (Wildman–Crippen LogP) is 1.38. The number of methoxy groups -OCH3 is 2. The summed E-state index contributed by atoms with van der Waals surface area (Å²) in [4.78, 5) is 24.0. The highest BCUT2D eigenvalue weighted by atomic mass is 16.5. The molecule has 2 rings (SSSR count). The second-order valence-electron chi connectivity index (χ2n) is 4.48. The second kappa shape index (κ2) is 7.26. The maximum absolute atomic E-state index is 12.2. The van der Waals surface area contributed by atoms with E-state index in [1.165, 1.54) is 44.7 Å². The monoisotopic (exact) mass is 317 g/mol. The third-order valence-electron chi connectivity index (χ3n) is 3.07. The van der Waals surface area contributed by atoms with Gasteiger partial charge in [0, 0.05) is 12.1 Å². The number of aromatic nitrogens is 1. The third kappa shape index (κ3) is 3.76. The molecule has 7 heteroatoms. The maximum atomic E-state index is 12.2. The molecular formula is C16H15NO6. The number of carbonyl (C=O) groups is 2. The molecule has 0 saturated carbocycles. The molecule has 0 radical (unpaired) electrons. The molecule has 0 aliphatic carbocycles. The van der Waals surface area contributed by atoms with Crippen molar-refractivity contribution in [3.8, 4) is 11.5 Å². The molecule has 1 heterocycles. The van der Waals surface area contributed by atoms with E-state index in [1.807, 2.05) is 0 Å². The number of pyridine rings is 1. The molecule has 0 amide bonds. The van der Waals surface area contributed by atoms with E-state index in [2.05, 4.69) is 0 Å². The summed E-state index contributed by atoms with van der Waals surface area (Å²) in [5, 5.41) is 11.5. The van der Waals surface area contributed by atoms with Crippen LogP contribution in [0.15, 0.2) is 42.6 Å². The summed E-state index contributed by atoms with van der Waals surface area (Å²) in [6.45, 7) is -0.517. The highest BCUT2D eigenvalue weighted by Gasteiger charge is 2.20.